The Morgan fingerprint density at radius 3 is 3.09 bits per heavy atom. The van der Waals surface area contributed by atoms with Gasteiger partial charge in [-0.2, -0.15) is 5.10 Å². The van der Waals surface area contributed by atoms with E-state index >= 15 is 0 Å². The van der Waals surface area contributed by atoms with E-state index in [-0.39, 0.29) is 5.91 Å². The summed E-state index contributed by atoms with van der Waals surface area (Å²) >= 11 is 5.78. The number of piperidine rings is 1. The van der Waals surface area contributed by atoms with Crippen LogP contribution in [-0.4, -0.2) is 50.2 Å². The number of hydrogen-bond donors (Lipinski definition) is 1. The number of nitrogens with one attached hydrogen (secondary N) is 1. The summed E-state index contributed by atoms with van der Waals surface area (Å²) < 4.78 is 1.85. The van der Waals surface area contributed by atoms with Crippen molar-refractivity contribution in [1.29, 1.82) is 0 Å². The standard InChI is InChI=1S/C15H19ClN6O/c16-13-3-4-14(18-6-13)20-15(23)9-21-5-1-2-12(7-21)8-22-11-17-10-19-22/h3-4,6,10-12H,1-2,5,7-9H2,(H,18,20,23)/t12-/m1/s1. The van der Waals surface area contributed by atoms with E-state index in [2.05, 4.69) is 25.3 Å². The number of nitrogens with zero attached hydrogens (tertiary/aromatic N) is 5. The van der Waals surface area contributed by atoms with Crippen molar-refractivity contribution < 1.29 is 4.79 Å². The zero-order chi connectivity index (χ0) is 16.1. The number of amides is 1. The van der Waals surface area contributed by atoms with Crippen molar-refractivity contribution in [2.45, 2.75) is 19.4 Å². The van der Waals surface area contributed by atoms with Crippen LogP contribution in [0.1, 0.15) is 12.8 Å². The Hall–Kier alpha value is -1.99. The van der Waals surface area contributed by atoms with Gasteiger partial charge in [-0.1, -0.05) is 11.6 Å². The Bertz CT molecular complexity index is 630. The highest BCUT2D eigenvalue weighted by Gasteiger charge is 2.22. The fraction of sp³-hybridized carbons (Fsp3) is 0.467. The first-order chi connectivity index (χ1) is 11.2. The molecule has 3 rings (SSSR count). The molecule has 2 aromatic heterocycles. The zero-order valence-electron chi connectivity index (χ0n) is 12.7. The molecule has 1 N–H and O–H groups in total. The average Bonchev–Trinajstić information content (AvgIpc) is 3.03. The molecule has 23 heavy (non-hydrogen) atoms. The monoisotopic (exact) mass is 334 g/mol. The van der Waals surface area contributed by atoms with E-state index in [0.29, 0.717) is 23.3 Å². The van der Waals surface area contributed by atoms with Crippen LogP contribution in [0, 0.1) is 5.92 Å². The molecule has 0 bridgehead atoms. The summed E-state index contributed by atoms with van der Waals surface area (Å²) in [6, 6.07) is 3.41. The van der Waals surface area contributed by atoms with E-state index in [9.17, 15) is 4.79 Å². The highest BCUT2D eigenvalue weighted by Crippen LogP contribution is 2.18. The molecule has 2 aromatic rings. The lowest BCUT2D eigenvalue weighted by Gasteiger charge is -2.32. The average molecular weight is 335 g/mol. The molecule has 1 fully saturated rings. The van der Waals surface area contributed by atoms with Gasteiger partial charge in [0.1, 0.15) is 18.5 Å². The molecule has 122 valence electrons. The number of likely N-dealkylation sites (tertiary alicyclic amines) is 1. The van der Waals surface area contributed by atoms with Gasteiger partial charge in [-0.3, -0.25) is 14.4 Å². The van der Waals surface area contributed by atoms with Crippen LogP contribution in [0.3, 0.4) is 0 Å². The summed E-state index contributed by atoms with van der Waals surface area (Å²) in [6.45, 7) is 3.05. The molecule has 0 saturated carbocycles. The van der Waals surface area contributed by atoms with Crippen LogP contribution < -0.4 is 5.32 Å². The van der Waals surface area contributed by atoms with Crippen molar-refractivity contribution in [3.63, 3.8) is 0 Å². The van der Waals surface area contributed by atoms with Crippen molar-refractivity contribution in [2.75, 3.05) is 25.0 Å². The zero-order valence-corrected chi connectivity index (χ0v) is 13.5. The maximum Gasteiger partial charge on any atom is 0.239 e. The summed E-state index contributed by atoms with van der Waals surface area (Å²) in [5.41, 5.74) is 0. The molecule has 0 aliphatic carbocycles. The van der Waals surface area contributed by atoms with Gasteiger partial charge < -0.3 is 5.32 Å². The summed E-state index contributed by atoms with van der Waals surface area (Å²) in [4.78, 5) is 22.4. The molecule has 0 spiro atoms. The second kappa shape index (κ2) is 7.52. The Labute approximate surface area is 139 Å². The number of carbonyl (C=O) groups is 1. The molecule has 1 saturated heterocycles. The van der Waals surface area contributed by atoms with Gasteiger partial charge in [-0.25, -0.2) is 9.97 Å². The van der Waals surface area contributed by atoms with Crippen LogP contribution in [0.5, 0.6) is 0 Å². The first-order valence-corrected chi connectivity index (χ1v) is 8.03. The van der Waals surface area contributed by atoms with Crippen LogP contribution in [0.4, 0.5) is 5.82 Å². The second-order valence-corrected chi connectivity index (χ2v) is 6.21. The fourth-order valence-electron chi connectivity index (χ4n) is 2.87. The van der Waals surface area contributed by atoms with Crippen molar-refractivity contribution >= 4 is 23.3 Å². The molecule has 0 radical (unpaired) electrons. The minimum absolute atomic E-state index is 0.0544. The van der Waals surface area contributed by atoms with Gasteiger partial charge in [0.2, 0.25) is 5.91 Å². The Morgan fingerprint density at radius 2 is 2.35 bits per heavy atom. The van der Waals surface area contributed by atoms with Gasteiger partial charge in [0.05, 0.1) is 11.6 Å². The van der Waals surface area contributed by atoms with Gasteiger partial charge in [0, 0.05) is 19.3 Å². The smallest absolute Gasteiger partial charge is 0.239 e. The number of rotatable bonds is 5. The van der Waals surface area contributed by atoms with Gasteiger partial charge in [0.15, 0.2) is 0 Å². The predicted molar refractivity (Wildman–Crippen MR) is 87.1 cm³/mol. The number of hydrogen-bond acceptors (Lipinski definition) is 5. The summed E-state index contributed by atoms with van der Waals surface area (Å²) in [5, 5.41) is 7.50. The molecule has 8 heteroatoms. The fourth-order valence-corrected chi connectivity index (χ4v) is 2.98. The van der Waals surface area contributed by atoms with E-state index < -0.39 is 0 Å². The van der Waals surface area contributed by atoms with Crippen LogP contribution >= 0.6 is 11.6 Å². The molecule has 3 heterocycles. The lowest BCUT2D eigenvalue weighted by molar-refractivity contribution is -0.117. The Morgan fingerprint density at radius 1 is 1.43 bits per heavy atom. The third kappa shape index (κ3) is 4.74. The molecule has 0 aromatic carbocycles. The Balaban J connectivity index is 1.48. The van der Waals surface area contributed by atoms with E-state index in [1.165, 1.54) is 6.20 Å². The molecule has 0 unspecified atom stereocenters. The predicted octanol–water partition coefficient (Wildman–Crippen LogP) is 1.68. The van der Waals surface area contributed by atoms with Gasteiger partial charge in [-0.05, 0) is 37.4 Å². The minimum Gasteiger partial charge on any atom is -0.310 e. The number of anilines is 1. The summed E-state index contributed by atoms with van der Waals surface area (Å²) in [6.07, 6.45) is 7.04. The van der Waals surface area contributed by atoms with Crippen molar-refractivity contribution in [3.8, 4) is 0 Å². The quantitative estimate of drug-likeness (QED) is 0.900. The first kappa shape index (κ1) is 15.9. The lowest BCUT2D eigenvalue weighted by atomic mass is 9.98. The van der Waals surface area contributed by atoms with Crippen molar-refractivity contribution in [3.05, 3.63) is 36.0 Å². The van der Waals surface area contributed by atoms with E-state index in [4.69, 9.17) is 11.6 Å². The van der Waals surface area contributed by atoms with E-state index in [0.717, 1.165) is 32.5 Å². The molecule has 1 atom stereocenters. The topological polar surface area (TPSA) is 75.9 Å². The third-order valence-corrected chi connectivity index (χ3v) is 4.10. The van der Waals surface area contributed by atoms with Crippen LogP contribution in [0.25, 0.3) is 0 Å². The first-order valence-electron chi connectivity index (χ1n) is 7.65. The number of halogens is 1. The van der Waals surface area contributed by atoms with Crippen molar-refractivity contribution in [2.24, 2.45) is 5.92 Å². The Kier molecular flexibility index (Phi) is 5.19. The summed E-state index contributed by atoms with van der Waals surface area (Å²) in [7, 11) is 0. The number of carbonyl (C=O) groups excluding carboxylic acids is 1. The van der Waals surface area contributed by atoms with E-state index in [1.807, 2.05) is 4.68 Å². The number of pyridine rings is 1. The summed E-state index contributed by atoms with van der Waals surface area (Å²) in [5.74, 6) is 0.962. The lowest BCUT2D eigenvalue weighted by Crippen LogP contribution is -2.41. The van der Waals surface area contributed by atoms with Crippen LogP contribution in [-0.2, 0) is 11.3 Å². The van der Waals surface area contributed by atoms with Gasteiger partial charge in [-0.15, -0.1) is 0 Å². The normalized spacial score (nSPS) is 18.7. The maximum atomic E-state index is 12.1. The molecular formula is C15H19ClN6O. The van der Waals surface area contributed by atoms with E-state index in [1.54, 1.807) is 24.8 Å². The molecular weight excluding hydrogens is 316 g/mol. The molecule has 1 aliphatic heterocycles. The third-order valence-electron chi connectivity index (χ3n) is 3.88. The van der Waals surface area contributed by atoms with Gasteiger partial charge >= 0.3 is 0 Å². The SMILES string of the molecule is O=C(CN1CCC[C@@H](Cn2cncn2)C1)Nc1ccc(Cl)cn1. The van der Waals surface area contributed by atoms with Crippen LogP contribution in [0.15, 0.2) is 31.0 Å². The minimum atomic E-state index is -0.0544. The van der Waals surface area contributed by atoms with Crippen LogP contribution in [0.2, 0.25) is 5.02 Å². The van der Waals surface area contributed by atoms with Gasteiger partial charge in [0.25, 0.3) is 0 Å². The number of aromatic nitrogens is 4. The maximum absolute atomic E-state index is 12.1. The molecule has 1 amide bonds. The molecule has 1 aliphatic rings. The molecule has 7 nitrogen and oxygen atoms in total. The highest BCUT2D eigenvalue weighted by atomic mass is 35.5. The second-order valence-electron chi connectivity index (χ2n) is 5.77. The highest BCUT2D eigenvalue weighted by molar-refractivity contribution is 6.30. The van der Waals surface area contributed by atoms with Crippen molar-refractivity contribution in [1.82, 2.24) is 24.6 Å². The largest absolute Gasteiger partial charge is 0.310 e.